The van der Waals surface area contributed by atoms with Crippen molar-refractivity contribution in [3.63, 3.8) is 0 Å². The van der Waals surface area contributed by atoms with E-state index in [4.69, 9.17) is 5.63 Å². The summed E-state index contributed by atoms with van der Waals surface area (Å²) in [5.41, 5.74) is 5.10. The molecule has 2 nitrogen and oxygen atoms in total. The van der Waals surface area contributed by atoms with Crippen molar-refractivity contribution in [1.29, 1.82) is 0 Å². The average Bonchev–Trinajstić information content (AvgIpc) is 3.34. The molecule has 0 radical (unpaired) electrons. The summed E-state index contributed by atoms with van der Waals surface area (Å²) in [5, 5.41) is 0. The molecule has 4 rings (SSSR count). The second kappa shape index (κ2) is 9.57. The van der Waals surface area contributed by atoms with Crippen LogP contribution in [0.2, 0.25) is 6.25 Å². The van der Waals surface area contributed by atoms with Crippen molar-refractivity contribution in [3.05, 3.63) is 107 Å². The van der Waals surface area contributed by atoms with Crippen LogP contribution in [0.15, 0.2) is 96.1 Å². The van der Waals surface area contributed by atoms with Crippen molar-refractivity contribution >= 4 is 0 Å². The molecule has 2 aliphatic rings. The summed E-state index contributed by atoms with van der Waals surface area (Å²) in [6.07, 6.45) is 13.9. The Balaban J connectivity index is 1.96. The molecule has 196 valence electrons. The quantitative estimate of drug-likeness (QED) is 0.341. The maximum absolute atomic E-state index is 7.43. The van der Waals surface area contributed by atoms with Gasteiger partial charge in [0, 0.05) is 0 Å². The fourth-order valence-electron chi connectivity index (χ4n) is 5.58. The van der Waals surface area contributed by atoms with Gasteiger partial charge in [-0.15, -0.1) is 0 Å². The van der Waals surface area contributed by atoms with Crippen LogP contribution in [0.25, 0.3) is 0 Å². The first kappa shape index (κ1) is 27.9. The van der Waals surface area contributed by atoms with Crippen LogP contribution in [0.4, 0.5) is 0 Å². The van der Waals surface area contributed by atoms with Gasteiger partial charge in [-0.1, -0.05) is 0 Å². The molecule has 0 spiro atoms. The van der Waals surface area contributed by atoms with Crippen molar-refractivity contribution in [3.8, 4) is 11.5 Å². The van der Waals surface area contributed by atoms with E-state index in [1.807, 2.05) is 0 Å². The summed E-state index contributed by atoms with van der Waals surface area (Å²) in [6.45, 7) is 22.5. The van der Waals surface area contributed by atoms with Gasteiger partial charge in [-0.2, -0.15) is 0 Å². The summed E-state index contributed by atoms with van der Waals surface area (Å²) in [4.78, 5) is 0. The van der Waals surface area contributed by atoms with E-state index in [0.717, 1.165) is 11.5 Å². The Kier molecular flexibility index (Phi) is 7.22. The van der Waals surface area contributed by atoms with E-state index in [1.54, 1.807) is 0 Å². The van der Waals surface area contributed by atoms with Crippen LogP contribution in [-0.2, 0) is 32.0 Å². The van der Waals surface area contributed by atoms with Crippen LogP contribution in [0, 0.1) is 0 Å². The van der Waals surface area contributed by atoms with Crippen molar-refractivity contribution in [1.82, 2.24) is 0 Å². The number of allylic oxidation sites excluding steroid dienone is 8. The molecular weight excluding hydrogens is 532 g/mol. The topological polar surface area (TPSA) is 18.5 Å². The first-order chi connectivity index (χ1) is 17.1. The molecule has 2 aliphatic carbocycles. The van der Waals surface area contributed by atoms with Gasteiger partial charge in [0.1, 0.15) is 0 Å². The predicted molar refractivity (Wildman–Crippen MR) is 154 cm³/mol. The van der Waals surface area contributed by atoms with Gasteiger partial charge in [-0.25, -0.2) is 0 Å². The number of hydrogen-bond donors (Lipinski definition) is 0. The molecule has 0 heterocycles. The molecule has 2 unspecified atom stereocenters. The van der Waals surface area contributed by atoms with E-state index in [2.05, 4.69) is 154 Å². The molecule has 37 heavy (non-hydrogen) atoms. The molecule has 0 aromatic heterocycles. The number of benzene rings is 2. The van der Waals surface area contributed by atoms with Gasteiger partial charge in [-0.3, -0.25) is 0 Å². The Labute approximate surface area is 230 Å². The molecule has 0 amide bonds. The van der Waals surface area contributed by atoms with Gasteiger partial charge < -0.3 is 0 Å². The zero-order chi connectivity index (χ0) is 27.3. The molecule has 2 aromatic carbocycles. The Hall–Kier alpha value is -2.12. The molecule has 0 fully saturated rings. The summed E-state index contributed by atoms with van der Waals surface area (Å²) >= 11 is -4.33. The third-order valence-corrected chi connectivity index (χ3v) is 18.9. The second-order valence-corrected chi connectivity index (χ2v) is 22.7. The van der Waals surface area contributed by atoms with Gasteiger partial charge >= 0.3 is 232 Å². The van der Waals surface area contributed by atoms with Crippen LogP contribution in [0.3, 0.4) is 0 Å². The molecule has 2 aromatic rings. The van der Waals surface area contributed by atoms with Crippen molar-refractivity contribution < 1.29 is 26.8 Å². The molecule has 2 atom stereocenters. The predicted octanol–water partition coefficient (Wildman–Crippen LogP) is 10.1. The van der Waals surface area contributed by atoms with Crippen LogP contribution in [0.1, 0.15) is 80.4 Å². The van der Waals surface area contributed by atoms with E-state index >= 15 is 0 Å². The zero-order valence-electron chi connectivity index (χ0n) is 24.4. The number of rotatable bonds is 6. The SMILES string of the molecule is CC1=C[C](C)([Zr]([O]c2cccc(C(C)(C)C)c2)([O]c2cccc(C(C)(C)C)c2)[C]2(C)C=CC(C)=C2)C=C1. The molecule has 0 aliphatic heterocycles. The average molecular weight is 576 g/mol. The normalized spacial score (nSPS) is 23.7. The molecular formula is C34H44O2Zr. The fraction of sp³-hybridized carbons (Fsp3) is 0.412. The van der Waals surface area contributed by atoms with Crippen LogP contribution in [-0.4, -0.2) is 0 Å². The van der Waals surface area contributed by atoms with Gasteiger partial charge in [-0.05, 0) is 0 Å². The van der Waals surface area contributed by atoms with Crippen LogP contribution >= 0.6 is 0 Å². The minimum atomic E-state index is -4.33. The first-order valence-electron chi connectivity index (χ1n) is 13.4. The third kappa shape index (κ3) is 5.40. The molecule has 3 heteroatoms. The van der Waals surface area contributed by atoms with E-state index in [-0.39, 0.29) is 17.1 Å². The summed E-state index contributed by atoms with van der Waals surface area (Å²) in [5.74, 6) is 1.80. The van der Waals surface area contributed by atoms with Gasteiger partial charge in [0.05, 0.1) is 0 Å². The first-order valence-corrected chi connectivity index (χ1v) is 17.9. The Morgan fingerprint density at radius 2 is 1.00 bits per heavy atom. The standard InChI is InChI=1S/2C10H14O.2C7H9.Zr/c2*1-10(2,3)8-5-4-6-9(11)7-8;2*1-6-3-4-7(2)5-6;/h2*4-7,11H,1-3H3;2*3-5H,1-2H3;/q;;;;+2/p-2. The molecule has 0 N–H and O–H groups in total. The fourth-order valence-corrected chi connectivity index (χ4v) is 16.5. The third-order valence-electron chi connectivity index (χ3n) is 7.78. The van der Waals surface area contributed by atoms with Gasteiger partial charge in [0.15, 0.2) is 0 Å². The minimum absolute atomic E-state index is 0.0285. The molecule has 0 bridgehead atoms. The molecule has 0 saturated carbocycles. The van der Waals surface area contributed by atoms with E-state index in [9.17, 15) is 0 Å². The van der Waals surface area contributed by atoms with Crippen molar-refractivity contribution in [2.24, 2.45) is 0 Å². The van der Waals surface area contributed by atoms with Crippen LogP contribution < -0.4 is 5.63 Å². The summed E-state index contributed by atoms with van der Waals surface area (Å²) in [6, 6.07) is 17.3. The van der Waals surface area contributed by atoms with E-state index < -0.39 is 21.1 Å². The summed E-state index contributed by atoms with van der Waals surface area (Å²) in [7, 11) is 0. The van der Waals surface area contributed by atoms with Crippen LogP contribution in [0.5, 0.6) is 11.5 Å². The monoisotopic (exact) mass is 574 g/mol. The summed E-state index contributed by atoms with van der Waals surface area (Å²) < 4.78 is 14.2. The van der Waals surface area contributed by atoms with Gasteiger partial charge in [0.25, 0.3) is 0 Å². The molecule has 0 saturated heterocycles. The Morgan fingerprint density at radius 1 is 0.622 bits per heavy atom. The van der Waals surface area contributed by atoms with E-state index in [0.29, 0.717) is 0 Å². The maximum atomic E-state index is 7.43. The van der Waals surface area contributed by atoms with E-state index in [1.165, 1.54) is 22.3 Å². The zero-order valence-corrected chi connectivity index (χ0v) is 26.9. The Bertz CT molecular complexity index is 1200. The number of hydrogen-bond acceptors (Lipinski definition) is 2. The van der Waals surface area contributed by atoms with Crippen molar-refractivity contribution in [2.75, 3.05) is 0 Å². The van der Waals surface area contributed by atoms with Gasteiger partial charge in [0.2, 0.25) is 0 Å². The van der Waals surface area contributed by atoms with Crippen molar-refractivity contribution in [2.45, 2.75) is 86.3 Å². The second-order valence-electron chi connectivity index (χ2n) is 13.4. The Morgan fingerprint density at radius 3 is 1.30 bits per heavy atom.